The van der Waals surface area contributed by atoms with Gasteiger partial charge in [0.15, 0.2) is 0 Å². The van der Waals surface area contributed by atoms with Gasteiger partial charge in [0.25, 0.3) is 5.56 Å². The molecule has 0 atom stereocenters. The van der Waals surface area contributed by atoms with Crippen LogP contribution < -0.4 is 5.56 Å². The Bertz CT molecular complexity index is 226. The topological polar surface area (TPSA) is 22.0 Å². The zero-order valence-electron chi connectivity index (χ0n) is 4.24. The van der Waals surface area contributed by atoms with Gasteiger partial charge >= 0.3 is 0 Å². The second-order valence-electron chi connectivity index (χ2n) is 1.45. The van der Waals surface area contributed by atoms with E-state index in [0.29, 0.717) is 0 Å². The summed E-state index contributed by atoms with van der Waals surface area (Å²) in [5, 5.41) is 0. The third-order valence-corrected chi connectivity index (χ3v) is 0.851. The number of hydrogen-bond acceptors (Lipinski definition) is 1. The predicted octanol–water partition coefficient (Wildman–Crippen LogP) is 0.365. The molecule has 0 saturated heterocycles. The summed E-state index contributed by atoms with van der Waals surface area (Å²) in [5.74, 6) is 0. The fourth-order valence-corrected chi connectivity index (χ4v) is 0.440. The maximum Gasteiger partial charge on any atom is 0.250 e. The predicted molar refractivity (Wildman–Crippen MR) is 30.4 cm³/mol. The van der Waals surface area contributed by atoms with Crippen LogP contribution >= 0.6 is 0 Å². The van der Waals surface area contributed by atoms with Crippen molar-refractivity contribution in [1.82, 2.24) is 4.57 Å². The molecule has 0 bridgehead atoms. The molecule has 1 aromatic rings. The lowest BCUT2D eigenvalue weighted by Gasteiger charge is -1.88. The van der Waals surface area contributed by atoms with E-state index in [4.69, 9.17) is 7.05 Å². The van der Waals surface area contributed by atoms with Crippen LogP contribution in [0.1, 0.15) is 0 Å². The highest BCUT2D eigenvalue weighted by Crippen LogP contribution is 1.74. The molecule has 0 aliphatic heterocycles. The highest BCUT2D eigenvalue weighted by Gasteiger charge is 1.80. The first kappa shape index (κ1) is 5.09. The van der Waals surface area contributed by atoms with Gasteiger partial charge in [0, 0.05) is 12.3 Å². The van der Waals surface area contributed by atoms with E-state index in [1.54, 1.807) is 12.1 Å². The van der Waals surface area contributed by atoms with E-state index >= 15 is 0 Å². The number of rotatable bonds is 0. The van der Waals surface area contributed by atoms with E-state index in [1.807, 2.05) is 0 Å². The molecule has 0 spiro atoms. The minimum atomic E-state index is -0.187. The van der Waals surface area contributed by atoms with Crippen LogP contribution in [0.5, 0.6) is 0 Å². The lowest BCUT2D eigenvalue weighted by Crippen LogP contribution is -2.10. The monoisotopic (exact) mass is 107 g/mol. The van der Waals surface area contributed by atoms with Crippen LogP contribution in [0, 0.1) is 7.05 Å². The molecule has 0 unspecified atom stereocenters. The van der Waals surface area contributed by atoms with Crippen molar-refractivity contribution in [2.24, 2.45) is 0 Å². The smallest absolute Gasteiger partial charge is 0.250 e. The number of hydrogen-bond donors (Lipinski definition) is 0. The van der Waals surface area contributed by atoms with Gasteiger partial charge < -0.3 is 4.57 Å². The van der Waals surface area contributed by atoms with Crippen LogP contribution in [0.2, 0.25) is 0 Å². The SMILES string of the molecule is [CH]n1ccccc1=O. The van der Waals surface area contributed by atoms with Gasteiger partial charge in [-0.15, -0.1) is 0 Å². The number of nitrogens with zero attached hydrogens (tertiary/aromatic N) is 1. The van der Waals surface area contributed by atoms with Crippen molar-refractivity contribution in [2.45, 2.75) is 0 Å². The Morgan fingerprint density at radius 3 is 2.62 bits per heavy atom. The highest BCUT2D eigenvalue weighted by atomic mass is 16.1. The van der Waals surface area contributed by atoms with Gasteiger partial charge in [-0.3, -0.25) is 4.79 Å². The van der Waals surface area contributed by atoms with Crippen molar-refractivity contribution in [2.75, 3.05) is 0 Å². The summed E-state index contributed by atoms with van der Waals surface area (Å²) in [5.41, 5.74) is -0.187. The summed E-state index contributed by atoms with van der Waals surface area (Å²) in [4.78, 5) is 10.5. The third-order valence-electron chi connectivity index (χ3n) is 0.851. The summed E-state index contributed by atoms with van der Waals surface area (Å²) < 4.78 is 1.03. The zero-order valence-corrected chi connectivity index (χ0v) is 4.24. The van der Waals surface area contributed by atoms with Gasteiger partial charge in [0.1, 0.15) is 0 Å². The van der Waals surface area contributed by atoms with Crippen LogP contribution in [0.25, 0.3) is 0 Å². The van der Waals surface area contributed by atoms with E-state index < -0.39 is 0 Å². The van der Waals surface area contributed by atoms with Crippen molar-refractivity contribution in [1.29, 1.82) is 0 Å². The minimum absolute atomic E-state index is 0.187. The third kappa shape index (κ3) is 0.780. The summed E-state index contributed by atoms with van der Waals surface area (Å²) >= 11 is 0. The molecule has 0 aliphatic rings. The Labute approximate surface area is 47.4 Å². The summed E-state index contributed by atoms with van der Waals surface area (Å²) in [6, 6.07) is 4.74. The van der Waals surface area contributed by atoms with E-state index in [-0.39, 0.29) is 5.56 Å². The normalized spacial score (nSPS) is 9.12. The second-order valence-corrected chi connectivity index (χ2v) is 1.45. The molecule has 1 heterocycles. The first-order valence-electron chi connectivity index (χ1n) is 2.23. The zero-order chi connectivity index (χ0) is 5.98. The molecule has 1 aromatic heterocycles. The van der Waals surface area contributed by atoms with E-state index in [9.17, 15) is 4.79 Å². The summed E-state index contributed by atoms with van der Waals surface area (Å²) in [6.07, 6.45) is 1.50. The first-order chi connectivity index (χ1) is 3.80. The van der Waals surface area contributed by atoms with Crippen LogP contribution in [-0.2, 0) is 0 Å². The molecule has 1 rings (SSSR count). The Balaban J connectivity index is 3.35. The van der Waals surface area contributed by atoms with Gasteiger partial charge in [-0.25, -0.2) is 0 Å². The maximum atomic E-state index is 10.5. The quantitative estimate of drug-likeness (QED) is 0.469. The molecule has 2 heteroatoms. The van der Waals surface area contributed by atoms with E-state index in [1.165, 1.54) is 12.3 Å². The molecule has 0 aliphatic carbocycles. The van der Waals surface area contributed by atoms with Crippen molar-refractivity contribution in [3.05, 3.63) is 41.8 Å². The van der Waals surface area contributed by atoms with Crippen LogP contribution in [0.4, 0.5) is 0 Å². The molecule has 40 valence electrons. The first-order valence-corrected chi connectivity index (χ1v) is 2.23. The highest BCUT2D eigenvalue weighted by molar-refractivity contribution is 4.93. The molecule has 8 heavy (non-hydrogen) atoms. The van der Waals surface area contributed by atoms with E-state index in [2.05, 4.69) is 0 Å². The largest absolute Gasteiger partial charge is 0.308 e. The molecule has 0 aromatic carbocycles. The van der Waals surface area contributed by atoms with Gasteiger partial charge in [-0.1, -0.05) is 6.07 Å². The fourth-order valence-electron chi connectivity index (χ4n) is 0.440. The molecular weight excluding hydrogens is 102 g/mol. The summed E-state index contributed by atoms with van der Waals surface area (Å²) in [7, 11) is 5.12. The lowest BCUT2D eigenvalue weighted by molar-refractivity contribution is 0.991. The van der Waals surface area contributed by atoms with Crippen LogP contribution in [0.3, 0.4) is 0 Å². The van der Waals surface area contributed by atoms with Crippen molar-refractivity contribution in [3.63, 3.8) is 0 Å². The molecule has 0 amide bonds. The minimum Gasteiger partial charge on any atom is -0.308 e. The Hall–Kier alpha value is -1.05. The van der Waals surface area contributed by atoms with Gasteiger partial charge in [-0.2, -0.15) is 0 Å². The van der Waals surface area contributed by atoms with Gasteiger partial charge in [0.05, 0.1) is 7.05 Å². The Morgan fingerprint density at radius 1 is 1.50 bits per heavy atom. The molecule has 0 saturated carbocycles. The Morgan fingerprint density at radius 2 is 2.25 bits per heavy atom. The molecular formula is C6H5NO. The second kappa shape index (κ2) is 1.82. The number of aromatic nitrogens is 1. The molecule has 2 nitrogen and oxygen atoms in total. The molecule has 0 N–H and O–H groups in total. The van der Waals surface area contributed by atoms with Crippen molar-refractivity contribution in [3.8, 4) is 0 Å². The van der Waals surface area contributed by atoms with Crippen LogP contribution in [-0.4, -0.2) is 4.57 Å². The van der Waals surface area contributed by atoms with Crippen molar-refractivity contribution >= 4 is 0 Å². The average Bonchev–Trinajstić information content (AvgIpc) is 1.77. The van der Waals surface area contributed by atoms with E-state index in [0.717, 1.165) is 4.57 Å². The number of pyridine rings is 1. The van der Waals surface area contributed by atoms with Crippen LogP contribution in [0.15, 0.2) is 29.2 Å². The lowest BCUT2D eigenvalue weighted by atomic mass is 10.5. The Kier molecular flexibility index (Phi) is 1.16. The summed E-state index contributed by atoms with van der Waals surface area (Å²) in [6.45, 7) is 0. The average molecular weight is 107 g/mol. The van der Waals surface area contributed by atoms with Gasteiger partial charge in [-0.05, 0) is 6.07 Å². The van der Waals surface area contributed by atoms with Gasteiger partial charge in [0.2, 0.25) is 0 Å². The molecule has 2 radical (unpaired) electrons. The van der Waals surface area contributed by atoms with Crippen molar-refractivity contribution < 1.29 is 0 Å². The maximum absolute atomic E-state index is 10.5. The standard InChI is InChI=1S/C6H5NO/c1-7-5-3-2-4-6(7)8/h1-5H. The molecule has 0 fully saturated rings. The fraction of sp³-hybridized carbons (Fsp3) is 0.